The summed E-state index contributed by atoms with van der Waals surface area (Å²) in [6, 6.07) is 4.08. The van der Waals surface area contributed by atoms with Gasteiger partial charge in [-0.3, -0.25) is 4.98 Å². The summed E-state index contributed by atoms with van der Waals surface area (Å²) in [6.07, 6.45) is 6.62. The highest BCUT2D eigenvalue weighted by Gasteiger charge is 2.26. The monoisotopic (exact) mass is 319 g/mol. The second kappa shape index (κ2) is 8.29. The number of hydrogen-bond acceptors (Lipinski definition) is 4. The maximum Gasteiger partial charge on any atom is 0.410 e. The highest BCUT2D eigenvalue weighted by Crippen LogP contribution is 2.19. The van der Waals surface area contributed by atoms with Crippen molar-refractivity contribution in [2.24, 2.45) is 5.92 Å². The summed E-state index contributed by atoms with van der Waals surface area (Å²) in [4.78, 5) is 18.0. The number of carbonyl (C=O) groups is 1. The van der Waals surface area contributed by atoms with Crippen LogP contribution in [0.1, 0.15) is 39.2 Å². The molecule has 1 aliphatic heterocycles. The van der Waals surface area contributed by atoms with E-state index in [1.165, 1.54) is 5.56 Å². The minimum Gasteiger partial charge on any atom is -0.444 e. The van der Waals surface area contributed by atoms with E-state index < -0.39 is 5.60 Å². The van der Waals surface area contributed by atoms with Gasteiger partial charge in [0.15, 0.2) is 0 Å². The molecule has 1 fully saturated rings. The van der Waals surface area contributed by atoms with Crippen LogP contribution in [0.4, 0.5) is 4.79 Å². The molecule has 2 rings (SSSR count). The van der Waals surface area contributed by atoms with Crippen LogP contribution in [0.25, 0.3) is 0 Å². The average Bonchev–Trinajstić information content (AvgIpc) is 2.51. The molecular weight excluding hydrogens is 290 g/mol. The van der Waals surface area contributed by atoms with Crippen LogP contribution in [0.15, 0.2) is 24.5 Å². The van der Waals surface area contributed by atoms with E-state index in [2.05, 4.69) is 16.4 Å². The lowest BCUT2D eigenvalue weighted by atomic mass is 9.97. The van der Waals surface area contributed by atoms with Gasteiger partial charge in [-0.1, -0.05) is 6.07 Å². The Hall–Kier alpha value is -1.62. The van der Waals surface area contributed by atoms with E-state index >= 15 is 0 Å². The van der Waals surface area contributed by atoms with Crippen LogP contribution in [0, 0.1) is 5.92 Å². The number of amides is 1. The maximum absolute atomic E-state index is 12.0. The molecule has 5 heteroatoms. The molecule has 2 heterocycles. The first-order chi connectivity index (χ1) is 10.9. The molecule has 0 spiro atoms. The van der Waals surface area contributed by atoms with Crippen molar-refractivity contribution >= 4 is 6.09 Å². The van der Waals surface area contributed by atoms with E-state index in [-0.39, 0.29) is 6.09 Å². The number of pyridine rings is 1. The van der Waals surface area contributed by atoms with Gasteiger partial charge < -0.3 is 15.0 Å². The van der Waals surface area contributed by atoms with E-state index in [0.29, 0.717) is 5.92 Å². The lowest BCUT2D eigenvalue weighted by molar-refractivity contribution is 0.0184. The summed E-state index contributed by atoms with van der Waals surface area (Å²) in [5.41, 5.74) is 0.849. The Morgan fingerprint density at radius 2 is 2.13 bits per heavy atom. The first-order valence-electron chi connectivity index (χ1n) is 8.51. The fraction of sp³-hybridized carbons (Fsp3) is 0.667. The molecule has 0 aromatic carbocycles. The third-order valence-electron chi connectivity index (χ3n) is 4.01. The lowest BCUT2D eigenvalue weighted by Crippen LogP contribution is -2.43. The number of hydrogen-bond donors (Lipinski definition) is 1. The van der Waals surface area contributed by atoms with Crippen LogP contribution < -0.4 is 5.32 Å². The van der Waals surface area contributed by atoms with Gasteiger partial charge in [-0.25, -0.2) is 4.79 Å². The SMILES string of the molecule is CC(C)(C)OC(=O)N1CCC(CNCCc2cccnc2)CC1. The second-order valence-corrected chi connectivity index (χ2v) is 7.23. The van der Waals surface area contributed by atoms with Gasteiger partial charge in [-0.05, 0) is 70.7 Å². The van der Waals surface area contributed by atoms with Crippen molar-refractivity contribution in [2.45, 2.75) is 45.6 Å². The number of rotatable bonds is 5. The number of nitrogens with one attached hydrogen (secondary N) is 1. The molecule has 23 heavy (non-hydrogen) atoms. The lowest BCUT2D eigenvalue weighted by Gasteiger charge is -2.33. The van der Waals surface area contributed by atoms with Crippen LogP contribution in [0.2, 0.25) is 0 Å². The molecule has 1 saturated heterocycles. The number of carbonyl (C=O) groups excluding carboxylic acids is 1. The minimum atomic E-state index is -0.415. The van der Waals surface area contributed by atoms with Crippen molar-refractivity contribution in [3.8, 4) is 0 Å². The molecule has 1 aromatic rings. The molecular formula is C18H29N3O2. The van der Waals surface area contributed by atoms with Gasteiger partial charge in [-0.2, -0.15) is 0 Å². The van der Waals surface area contributed by atoms with Gasteiger partial charge >= 0.3 is 6.09 Å². The highest BCUT2D eigenvalue weighted by atomic mass is 16.6. The van der Waals surface area contributed by atoms with Gasteiger partial charge in [0.25, 0.3) is 0 Å². The molecule has 0 aliphatic carbocycles. The zero-order chi connectivity index (χ0) is 16.7. The van der Waals surface area contributed by atoms with Crippen molar-refractivity contribution in [3.63, 3.8) is 0 Å². The Morgan fingerprint density at radius 1 is 1.39 bits per heavy atom. The summed E-state index contributed by atoms with van der Waals surface area (Å²) in [6.45, 7) is 9.30. The van der Waals surface area contributed by atoms with Gasteiger partial charge in [0, 0.05) is 25.5 Å². The number of ether oxygens (including phenoxy) is 1. The molecule has 128 valence electrons. The first-order valence-corrected chi connectivity index (χ1v) is 8.51. The number of aromatic nitrogens is 1. The second-order valence-electron chi connectivity index (χ2n) is 7.23. The summed E-state index contributed by atoms with van der Waals surface area (Å²) < 4.78 is 5.43. The minimum absolute atomic E-state index is 0.180. The molecule has 0 radical (unpaired) electrons. The van der Waals surface area contributed by atoms with Gasteiger partial charge in [0.05, 0.1) is 0 Å². The Labute approximate surface area is 139 Å². The maximum atomic E-state index is 12.0. The molecule has 0 atom stereocenters. The molecule has 1 aliphatic rings. The molecule has 0 saturated carbocycles. The molecule has 0 unspecified atom stereocenters. The third kappa shape index (κ3) is 6.57. The average molecular weight is 319 g/mol. The predicted octanol–water partition coefficient (Wildman–Crippen LogP) is 2.86. The zero-order valence-corrected chi connectivity index (χ0v) is 14.5. The molecule has 1 amide bonds. The Bertz CT molecular complexity index is 477. The summed E-state index contributed by atoms with van der Waals surface area (Å²) in [5, 5.41) is 3.52. The standard InChI is InChI=1S/C18H29N3O2/c1-18(2,3)23-17(22)21-11-7-16(8-12-21)14-20-10-6-15-5-4-9-19-13-15/h4-5,9,13,16,20H,6-8,10-12,14H2,1-3H3. The topological polar surface area (TPSA) is 54.5 Å². The van der Waals surface area contributed by atoms with Crippen molar-refractivity contribution in [2.75, 3.05) is 26.2 Å². The Kier molecular flexibility index (Phi) is 6.39. The van der Waals surface area contributed by atoms with Crippen molar-refractivity contribution < 1.29 is 9.53 Å². The molecule has 1 aromatic heterocycles. The van der Waals surface area contributed by atoms with Crippen molar-refractivity contribution in [1.29, 1.82) is 0 Å². The predicted molar refractivity (Wildman–Crippen MR) is 91.3 cm³/mol. The van der Waals surface area contributed by atoms with E-state index in [4.69, 9.17) is 4.74 Å². The molecule has 0 bridgehead atoms. The Balaban J connectivity index is 1.60. The van der Waals surface area contributed by atoms with Crippen LogP contribution >= 0.6 is 0 Å². The normalized spacial score (nSPS) is 16.4. The van der Waals surface area contributed by atoms with Crippen LogP contribution in [-0.2, 0) is 11.2 Å². The third-order valence-corrected chi connectivity index (χ3v) is 4.01. The fourth-order valence-electron chi connectivity index (χ4n) is 2.73. The van der Waals surface area contributed by atoms with Gasteiger partial charge in [-0.15, -0.1) is 0 Å². The highest BCUT2D eigenvalue weighted by molar-refractivity contribution is 5.68. The van der Waals surface area contributed by atoms with E-state index in [0.717, 1.165) is 45.4 Å². The summed E-state index contributed by atoms with van der Waals surface area (Å²) >= 11 is 0. The van der Waals surface area contributed by atoms with E-state index in [1.807, 2.05) is 37.9 Å². The summed E-state index contributed by atoms with van der Waals surface area (Å²) in [7, 11) is 0. The number of piperidine rings is 1. The van der Waals surface area contributed by atoms with Crippen molar-refractivity contribution in [1.82, 2.24) is 15.2 Å². The van der Waals surface area contributed by atoms with Crippen LogP contribution in [-0.4, -0.2) is 47.8 Å². The smallest absolute Gasteiger partial charge is 0.410 e. The molecule has 1 N–H and O–H groups in total. The number of nitrogens with zero attached hydrogens (tertiary/aromatic N) is 2. The summed E-state index contributed by atoms with van der Waals surface area (Å²) in [5.74, 6) is 0.641. The zero-order valence-electron chi connectivity index (χ0n) is 14.5. The van der Waals surface area contributed by atoms with E-state index in [1.54, 1.807) is 6.20 Å². The first kappa shape index (κ1) is 17.7. The number of likely N-dealkylation sites (tertiary alicyclic amines) is 1. The molecule has 5 nitrogen and oxygen atoms in total. The largest absolute Gasteiger partial charge is 0.444 e. The Morgan fingerprint density at radius 3 is 2.74 bits per heavy atom. The van der Waals surface area contributed by atoms with E-state index in [9.17, 15) is 4.79 Å². The van der Waals surface area contributed by atoms with Crippen LogP contribution in [0.5, 0.6) is 0 Å². The van der Waals surface area contributed by atoms with Gasteiger partial charge in [0.2, 0.25) is 0 Å². The van der Waals surface area contributed by atoms with Gasteiger partial charge in [0.1, 0.15) is 5.60 Å². The quantitative estimate of drug-likeness (QED) is 0.848. The van der Waals surface area contributed by atoms with Crippen LogP contribution in [0.3, 0.4) is 0 Å². The van der Waals surface area contributed by atoms with Crippen molar-refractivity contribution in [3.05, 3.63) is 30.1 Å². The fourth-order valence-corrected chi connectivity index (χ4v) is 2.73.